The van der Waals surface area contributed by atoms with Gasteiger partial charge in [-0.15, -0.1) is 11.3 Å². The van der Waals surface area contributed by atoms with Crippen LogP contribution in [0.3, 0.4) is 0 Å². The third-order valence-corrected chi connectivity index (χ3v) is 3.90. The summed E-state index contributed by atoms with van der Waals surface area (Å²) in [6.07, 6.45) is 1.38. The van der Waals surface area contributed by atoms with Crippen LogP contribution in [-0.2, 0) is 4.79 Å². The first kappa shape index (κ1) is 15.5. The van der Waals surface area contributed by atoms with E-state index >= 15 is 0 Å². The van der Waals surface area contributed by atoms with E-state index in [4.69, 9.17) is 0 Å². The molecule has 6 nitrogen and oxygen atoms in total. The van der Waals surface area contributed by atoms with Crippen LogP contribution >= 0.6 is 11.3 Å². The minimum absolute atomic E-state index is 0.0602. The van der Waals surface area contributed by atoms with E-state index in [-0.39, 0.29) is 5.91 Å². The maximum atomic E-state index is 11.6. The fourth-order valence-corrected chi connectivity index (χ4v) is 2.82. The van der Waals surface area contributed by atoms with Gasteiger partial charge in [0.15, 0.2) is 0 Å². The van der Waals surface area contributed by atoms with Gasteiger partial charge in [-0.2, -0.15) is 4.98 Å². The number of hydrogen-bond acceptors (Lipinski definition) is 6. The van der Waals surface area contributed by atoms with Gasteiger partial charge in [0.2, 0.25) is 11.9 Å². The van der Waals surface area contributed by atoms with Gasteiger partial charge in [-0.1, -0.05) is 6.92 Å². The van der Waals surface area contributed by atoms with E-state index < -0.39 is 0 Å². The van der Waals surface area contributed by atoms with E-state index in [0.29, 0.717) is 18.9 Å². The van der Waals surface area contributed by atoms with Crippen LogP contribution in [0.2, 0.25) is 0 Å². The molecule has 2 heterocycles. The van der Waals surface area contributed by atoms with Crippen LogP contribution in [0.15, 0.2) is 6.07 Å². The monoisotopic (exact) mass is 307 g/mol. The maximum Gasteiger partial charge on any atom is 0.225 e. The van der Waals surface area contributed by atoms with Crippen LogP contribution in [0.5, 0.6) is 0 Å². The molecule has 0 aromatic carbocycles. The number of anilines is 2. The van der Waals surface area contributed by atoms with Gasteiger partial charge in [-0.3, -0.25) is 4.79 Å². The molecule has 0 radical (unpaired) electrons. The van der Waals surface area contributed by atoms with Crippen molar-refractivity contribution in [2.45, 2.75) is 26.7 Å². The summed E-state index contributed by atoms with van der Waals surface area (Å²) in [5.74, 6) is 1.42. The zero-order valence-corrected chi connectivity index (χ0v) is 13.4. The van der Waals surface area contributed by atoms with Crippen LogP contribution in [0.1, 0.15) is 24.6 Å². The molecule has 0 spiro atoms. The van der Waals surface area contributed by atoms with Crippen molar-refractivity contribution in [1.29, 1.82) is 0 Å². The first-order valence-electron chi connectivity index (χ1n) is 7.10. The number of nitrogens with one attached hydrogen (secondary N) is 3. The lowest BCUT2D eigenvalue weighted by Gasteiger charge is -2.08. The van der Waals surface area contributed by atoms with Gasteiger partial charge in [0.25, 0.3) is 0 Å². The van der Waals surface area contributed by atoms with Crippen molar-refractivity contribution in [3.05, 3.63) is 10.9 Å². The first-order chi connectivity index (χ1) is 10.1. The Morgan fingerprint density at radius 1 is 1.33 bits per heavy atom. The summed E-state index contributed by atoms with van der Waals surface area (Å²) in [6.45, 7) is 5.37. The SMILES string of the molecule is CCCNC(=O)CCNc1nc(NC)nc2sc(C)cc12. The number of aromatic nitrogens is 2. The Morgan fingerprint density at radius 3 is 2.86 bits per heavy atom. The highest BCUT2D eigenvalue weighted by Crippen LogP contribution is 2.29. The number of aryl methyl sites for hydroxylation is 1. The third kappa shape index (κ3) is 4.04. The summed E-state index contributed by atoms with van der Waals surface area (Å²) < 4.78 is 0. The van der Waals surface area contributed by atoms with E-state index in [2.05, 4.69) is 32.0 Å². The molecule has 0 saturated carbocycles. The van der Waals surface area contributed by atoms with Gasteiger partial charge in [-0.05, 0) is 19.4 Å². The van der Waals surface area contributed by atoms with Gasteiger partial charge in [0.1, 0.15) is 10.6 Å². The molecule has 0 aliphatic heterocycles. The molecular formula is C14H21N5OS. The fraction of sp³-hybridized carbons (Fsp3) is 0.500. The molecule has 21 heavy (non-hydrogen) atoms. The average Bonchev–Trinajstić information content (AvgIpc) is 2.85. The molecule has 2 rings (SSSR count). The first-order valence-corrected chi connectivity index (χ1v) is 7.92. The van der Waals surface area contributed by atoms with Crippen molar-refractivity contribution in [3.8, 4) is 0 Å². The predicted molar refractivity (Wildman–Crippen MR) is 88.1 cm³/mol. The van der Waals surface area contributed by atoms with E-state index in [1.807, 2.05) is 13.8 Å². The lowest BCUT2D eigenvalue weighted by Crippen LogP contribution is -2.26. The summed E-state index contributed by atoms with van der Waals surface area (Å²) >= 11 is 1.64. The lowest BCUT2D eigenvalue weighted by atomic mass is 10.3. The van der Waals surface area contributed by atoms with Crippen molar-refractivity contribution >= 4 is 39.2 Å². The van der Waals surface area contributed by atoms with Crippen LogP contribution in [0.4, 0.5) is 11.8 Å². The Bertz CT molecular complexity index is 625. The second-order valence-corrected chi connectivity index (χ2v) is 5.98. The highest BCUT2D eigenvalue weighted by atomic mass is 32.1. The molecule has 3 N–H and O–H groups in total. The molecule has 2 aromatic rings. The highest BCUT2D eigenvalue weighted by Gasteiger charge is 2.10. The summed E-state index contributed by atoms with van der Waals surface area (Å²) in [6, 6.07) is 2.07. The summed E-state index contributed by atoms with van der Waals surface area (Å²) in [5.41, 5.74) is 0. The Kier molecular flexibility index (Phi) is 5.32. The minimum Gasteiger partial charge on any atom is -0.369 e. The number of thiophene rings is 1. The molecule has 0 bridgehead atoms. The molecule has 114 valence electrons. The molecular weight excluding hydrogens is 286 g/mol. The summed E-state index contributed by atoms with van der Waals surface area (Å²) in [4.78, 5) is 22.6. The van der Waals surface area contributed by atoms with Crippen LogP contribution < -0.4 is 16.0 Å². The molecule has 2 aromatic heterocycles. The average molecular weight is 307 g/mol. The van der Waals surface area contributed by atoms with Gasteiger partial charge in [-0.25, -0.2) is 4.98 Å². The van der Waals surface area contributed by atoms with E-state index in [9.17, 15) is 4.79 Å². The molecule has 0 aliphatic rings. The number of carbonyl (C=O) groups excluding carboxylic acids is 1. The van der Waals surface area contributed by atoms with Gasteiger partial charge < -0.3 is 16.0 Å². The number of nitrogens with zero attached hydrogens (tertiary/aromatic N) is 2. The second kappa shape index (κ2) is 7.21. The fourth-order valence-electron chi connectivity index (χ4n) is 1.94. The van der Waals surface area contributed by atoms with Crippen molar-refractivity contribution in [1.82, 2.24) is 15.3 Å². The quantitative estimate of drug-likeness (QED) is 0.732. The van der Waals surface area contributed by atoms with Crippen molar-refractivity contribution < 1.29 is 4.79 Å². The number of hydrogen-bond donors (Lipinski definition) is 3. The van der Waals surface area contributed by atoms with Crippen LogP contribution in [-0.4, -0.2) is 36.0 Å². The lowest BCUT2D eigenvalue weighted by molar-refractivity contribution is -0.120. The van der Waals surface area contributed by atoms with Crippen molar-refractivity contribution in [2.75, 3.05) is 30.8 Å². The number of carbonyl (C=O) groups is 1. The standard InChI is InChI=1S/C14H21N5OS/c1-4-6-16-11(20)5-7-17-12-10-8-9(2)21-13(10)19-14(15-3)18-12/h8H,4-7H2,1-3H3,(H,16,20)(H2,15,17,18,19). The minimum atomic E-state index is 0.0602. The van der Waals surface area contributed by atoms with E-state index in [1.54, 1.807) is 18.4 Å². The smallest absolute Gasteiger partial charge is 0.225 e. The zero-order valence-electron chi connectivity index (χ0n) is 12.6. The molecule has 0 fully saturated rings. The third-order valence-electron chi connectivity index (χ3n) is 2.96. The van der Waals surface area contributed by atoms with Crippen LogP contribution in [0, 0.1) is 6.92 Å². The van der Waals surface area contributed by atoms with Gasteiger partial charge >= 0.3 is 0 Å². The van der Waals surface area contributed by atoms with Crippen molar-refractivity contribution in [2.24, 2.45) is 0 Å². The normalized spacial score (nSPS) is 10.6. The molecule has 0 aliphatic carbocycles. The second-order valence-electron chi connectivity index (χ2n) is 4.75. The molecule has 7 heteroatoms. The topological polar surface area (TPSA) is 78.9 Å². The van der Waals surface area contributed by atoms with Gasteiger partial charge in [0, 0.05) is 31.4 Å². The van der Waals surface area contributed by atoms with Crippen LogP contribution in [0.25, 0.3) is 10.2 Å². The molecule has 0 unspecified atom stereocenters. The Morgan fingerprint density at radius 2 is 2.14 bits per heavy atom. The van der Waals surface area contributed by atoms with E-state index in [1.165, 1.54) is 4.88 Å². The molecule has 0 saturated heterocycles. The Labute approximate surface area is 128 Å². The Hall–Kier alpha value is -1.89. The maximum absolute atomic E-state index is 11.6. The number of rotatable bonds is 7. The van der Waals surface area contributed by atoms with E-state index in [0.717, 1.165) is 29.0 Å². The summed E-state index contributed by atoms with van der Waals surface area (Å²) in [7, 11) is 1.80. The molecule has 0 atom stereocenters. The van der Waals surface area contributed by atoms with Crippen molar-refractivity contribution in [3.63, 3.8) is 0 Å². The molecule has 1 amide bonds. The summed E-state index contributed by atoms with van der Waals surface area (Å²) in [5, 5.41) is 10.1. The predicted octanol–water partition coefficient (Wildman–Crippen LogP) is 2.37. The zero-order chi connectivity index (χ0) is 15.2. The number of fused-ring (bicyclic) bond motifs is 1. The Balaban J connectivity index is 2.05. The highest BCUT2D eigenvalue weighted by molar-refractivity contribution is 7.18. The van der Waals surface area contributed by atoms with Gasteiger partial charge in [0.05, 0.1) is 5.39 Å². The number of amides is 1. The largest absolute Gasteiger partial charge is 0.369 e.